The van der Waals surface area contributed by atoms with Gasteiger partial charge in [-0.1, -0.05) is 6.07 Å². The number of hydrogen-bond donors (Lipinski definition) is 4. The van der Waals surface area contributed by atoms with E-state index in [-0.39, 0.29) is 23.6 Å². The van der Waals surface area contributed by atoms with Crippen molar-refractivity contribution >= 4 is 31.6 Å². The van der Waals surface area contributed by atoms with Crippen LogP contribution in [0.1, 0.15) is 18.1 Å². The van der Waals surface area contributed by atoms with Gasteiger partial charge in [-0.3, -0.25) is 4.72 Å². The number of ether oxygens (including phenoxy) is 1. The number of nitrogens with one attached hydrogen (secondary N) is 2. The quantitative estimate of drug-likeness (QED) is 0.498. The second-order valence-electron chi connectivity index (χ2n) is 6.45. The molecule has 10 nitrogen and oxygen atoms in total. The average molecular weight is 456 g/mol. The predicted octanol–water partition coefficient (Wildman–Crippen LogP) is 1.76. The number of phenolic OH excluding ortho intramolecular Hbond substituents is 1. The molecule has 162 valence electrons. The highest BCUT2D eigenvalue weighted by atomic mass is 32.2. The molecule has 0 aromatic heterocycles. The van der Waals surface area contributed by atoms with Gasteiger partial charge in [0, 0.05) is 0 Å². The molecule has 0 saturated carbocycles. The van der Waals surface area contributed by atoms with E-state index in [1.807, 2.05) is 4.72 Å². The lowest BCUT2D eigenvalue weighted by Crippen LogP contribution is -2.29. The summed E-state index contributed by atoms with van der Waals surface area (Å²) in [5, 5.41) is 19.8. The number of methoxy groups -OCH3 is 1. The monoisotopic (exact) mass is 455 g/mol. The molecule has 1 aliphatic rings. The van der Waals surface area contributed by atoms with E-state index in [4.69, 9.17) is 4.74 Å². The number of phenols is 1. The van der Waals surface area contributed by atoms with Gasteiger partial charge in [0.25, 0.3) is 0 Å². The molecule has 0 radical (unpaired) electrons. The van der Waals surface area contributed by atoms with Crippen molar-refractivity contribution in [3.63, 3.8) is 0 Å². The minimum atomic E-state index is -4.04. The lowest BCUT2D eigenvalue weighted by Gasteiger charge is -2.17. The van der Waals surface area contributed by atoms with Crippen molar-refractivity contribution < 1.29 is 31.8 Å². The van der Waals surface area contributed by atoms with Crippen LogP contribution < -0.4 is 18.5 Å². The summed E-state index contributed by atoms with van der Waals surface area (Å²) >= 11 is 0. The topological polar surface area (TPSA) is 145 Å². The molecular weight excluding hydrogens is 434 g/mol. The molecule has 1 heterocycles. The lowest BCUT2D eigenvalue weighted by molar-refractivity contribution is 0.392. The molecule has 2 aromatic carbocycles. The molecule has 1 aliphatic heterocycles. The van der Waals surface area contributed by atoms with Gasteiger partial charge in [0.05, 0.1) is 24.7 Å². The molecule has 0 bridgehead atoms. The highest BCUT2D eigenvalue weighted by Crippen LogP contribution is 2.34. The maximum Gasteiger partial charge on any atom is 0.330 e. The summed E-state index contributed by atoms with van der Waals surface area (Å²) in [5.41, 5.74) is 1.53. The van der Waals surface area contributed by atoms with Gasteiger partial charge in [0.15, 0.2) is 0 Å². The number of anilines is 2. The average Bonchev–Trinajstić information content (AvgIpc) is 2.95. The van der Waals surface area contributed by atoms with E-state index >= 15 is 0 Å². The molecule has 0 unspecified atom stereocenters. The van der Waals surface area contributed by atoms with Crippen LogP contribution in [0.5, 0.6) is 11.5 Å². The maximum absolute atomic E-state index is 12.0. The first kappa shape index (κ1) is 21.6. The Balaban J connectivity index is 1.94. The van der Waals surface area contributed by atoms with Crippen LogP contribution >= 0.6 is 0 Å². The summed E-state index contributed by atoms with van der Waals surface area (Å²) in [7, 11) is -6.05. The summed E-state index contributed by atoms with van der Waals surface area (Å²) in [4.78, 5) is 0. The van der Waals surface area contributed by atoms with Gasteiger partial charge in [-0.15, -0.1) is 0 Å². The molecule has 0 aliphatic carbocycles. The van der Waals surface area contributed by atoms with Crippen LogP contribution in [0, 0.1) is 0 Å². The van der Waals surface area contributed by atoms with Crippen LogP contribution in [0.3, 0.4) is 0 Å². The summed E-state index contributed by atoms with van der Waals surface area (Å²) in [6, 6.07) is 9.23. The van der Waals surface area contributed by atoms with Crippen LogP contribution in [-0.2, 0) is 26.7 Å². The second kappa shape index (κ2) is 7.95. The number of aliphatic hydroxyl groups is 1. The third-order valence-electron chi connectivity index (χ3n) is 4.36. The van der Waals surface area contributed by atoms with Gasteiger partial charge in [-0.05, 0) is 54.8 Å². The number of aromatic hydroxyl groups is 1. The summed E-state index contributed by atoms with van der Waals surface area (Å²) in [6.07, 6.45) is 1.17. The molecule has 4 N–H and O–H groups in total. The van der Waals surface area contributed by atoms with Crippen LogP contribution in [-0.4, -0.2) is 39.9 Å². The Morgan fingerprint density at radius 1 is 1.17 bits per heavy atom. The van der Waals surface area contributed by atoms with Crippen LogP contribution in [0.4, 0.5) is 11.4 Å². The zero-order chi connectivity index (χ0) is 22.1. The van der Waals surface area contributed by atoms with Crippen LogP contribution in [0.15, 0.2) is 48.5 Å². The van der Waals surface area contributed by atoms with Crippen LogP contribution in [0.2, 0.25) is 0 Å². The first-order valence-corrected chi connectivity index (χ1v) is 11.9. The minimum Gasteiger partial charge on any atom is -0.506 e. The van der Waals surface area contributed by atoms with E-state index in [1.54, 1.807) is 24.3 Å². The SMILES string of the molecule is CCS(=O)(=O)Nc1ccc(OC)cc1Cc1ccc(N2C=C(O)NS2(=O)=O)c(O)c1. The van der Waals surface area contributed by atoms with Gasteiger partial charge in [0.1, 0.15) is 17.2 Å². The highest BCUT2D eigenvalue weighted by molar-refractivity contribution is 7.92. The van der Waals surface area contributed by atoms with Gasteiger partial charge < -0.3 is 14.9 Å². The van der Waals surface area contributed by atoms with E-state index in [2.05, 4.69) is 4.72 Å². The molecule has 0 spiro atoms. The Morgan fingerprint density at radius 2 is 1.90 bits per heavy atom. The normalized spacial score (nSPS) is 15.4. The van der Waals surface area contributed by atoms with Gasteiger partial charge in [-0.2, -0.15) is 8.42 Å². The molecule has 0 amide bonds. The van der Waals surface area contributed by atoms with Gasteiger partial charge >= 0.3 is 10.2 Å². The second-order valence-corrected chi connectivity index (χ2v) is 10.0. The predicted molar refractivity (Wildman–Crippen MR) is 112 cm³/mol. The zero-order valence-electron chi connectivity index (χ0n) is 16.2. The van der Waals surface area contributed by atoms with Crippen molar-refractivity contribution in [1.82, 2.24) is 4.72 Å². The Kier molecular flexibility index (Phi) is 5.72. The van der Waals surface area contributed by atoms with Crippen molar-refractivity contribution in [3.8, 4) is 11.5 Å². The molecule has 0 fully saturated rings. The first-order valence-electron chi connectivity index (χ1n) is 8.77. The standard InChI is InChI=1S/C18H21N3O7S2/c1-3-29(24,25)19-15-6-5-14(28-2)10-13(15)8-12-4-7-16(17(22)9-12)21-11-18(23)20-30(21,26)27/h4-7,9-11,19-20,22-23H,3,8H2,1-2H3. The number of benzene rings is 2. The van der Waals surface area contributed by atoms with Crippen molar-refractivity contribution in [1.29, 1.82) is 0 Å². The molecule has 3 rings (SSSR count). The molecule has 0 saturated heterocycles. The van der Waals surface area contributed by atoms with E-state index < -0.39 is 26.1 Å². The molecule has 0 atom stereocenters. The van der Waals surface area contributed by atoms with Gasteiger partial charge in [-0.25, -0.2) is 17.4 Å². The number of aliphatic hydroxyl groups excluding tert-OH is 1. The van der Waals surface area contributed by atoms with Crippen molar-refractivity contribution in [2.75, 3.05) is 21.9 Å². The number of hydrogen-bond acceptors (Lipinski definition) is 7. The van der Waals surface area contributed by atoms with E-state index in [9.17, 15) is 27.0 Å². The highest BCUT2D eigenvalue weighted by Gasteiger charge is 2.30. The lowest BCUT2D eigenvalue weighted by atomic mass is 10.0. The van der Waals surface area contributed by atoms with E-state index in [0.717, 1.165) is 6.20 Å². The largest absolute Gasteiger partial charge is 0.506 e. The van der Waals surface area contributed by atoms with E-state index in [1.165, 1.54) is 26.2 Å². The van der Waals surface area contributed by atoms with E-state index in [0.29, 0.717) is 26.9 Å². The fraction of sp³-hybridized carbons (Fsp3) is 0.222. The van der Waals surface area contributed by atoms with Crippen molar-refractivity contribution in [2.24, 2.45) is 0 Å². The first-order chi connectivity index (χ1) is 14.0. The number of sulfonamides is 1. The fourth-order valence-corrected chi connectivity index (χ4v) is 4.60. The summed E-state index contributed by atoms with van der Waals surface area (Å²) in [5.74, 6) is -0.461. The fourth-order valence-electron chi connectivity index (χ4n) is 2.85. The summed E-state index contributed by atoms with van der Waals surface area (Å²) in [6.45, 7) is 1.52. The van der Waals surface area contributed by atoms with Crippen LogP contribution in [0.25, 0.3) is 0 Å². The maximum atomic E-state index is 12.0. The van der Waals surface area contributed by atoms with Crippen molar-refractivity contribution in [2.45, 2.75) is 13.3 Å². The Morgan fingerprint density at radius 3 is 2.47 bits per heavy atom. The van der Waals surface area contributed by atoms with Gasteiger partial charge in [0.2, 0.25) is 15.9 Å². The minimum absolute atomic E-state index is 0.0483. The molecule has 12 heteroatoms. The molecule has 2 aromatic rings. The smallest absolute Gasteiger partial charge is 0.330 e. The third kappa shape index (κ3) is 4.54. The Hall–Kier alpha value is -3.12. The Labute approximate surface area is 174 Å². The van der Waals surface area contributed by atoms with Crippen molar-refractivity contribution in [3.05, 3.63) is 59.6 Å². The Bertz CT molecular complexity index is 1210. The number of nitrogens with zero attached hydrogens (tertiary/aromatic N) is 1. The molecule has 30 heavy (non-hydrogen) atoms. The molecular formula is C18H21N3O7S2. The number of rotatable bonds is 7. The summed E-state index contributed by atoms with van der Waals surface area (Å²) < 4.78 is 58.3. The third-order valence-corrected chi connectivity index (χ3v) is 6.94. The zero-order valence-corrected chi connectivity index (χ0v) is 17.8.